The van der Waals surface area contributed by atoms with Gasteiger partial charge in [0.2, 0.25) is 6.29 Å². The van der Waals surface area contributed by atoms with Crippen LogP contribution in [0.15, 0.2) is 83.1 Å². The molecule has 61 heavy (non-hydrogen) atoms. The van der Waals surface area contributed by atoms with Crippen molar-refractivity contribution in [1.29, 1.82) is 0 Å². The summed E-state index contributed by atoms with van der Waals surface area (Å²) in [7, 11) is 0. The standard InChI is InChI=1S/C31H48O2.C27H40O/c1-8-32-30(33-9-2)14-10-12-23(4)28-17-18-29-26(13-11-19-31(28,29)7)15-16-27-21-22(3)20-24(5)25(27)6;1-19-17-21(3)22(4)24(18-19)12-11-23-10-8-15-27(5)25(13-14-26(23)27)20(2)9-6-7-16-28/h15-16,22-24,28-30H,6,8-9,11-13,17-21H2,1-5,7H3;6-7,11-12,16,19-21,25-26H,4,8-10,13-15,17-18H2,1-3,5H3/b26-15+,27-16-;7-6+,23-11+,24-12-/t22-,23?,24-,28+,29-,31+;19-,20?,21-,25+,26-,27+/m00/s1. The van der Waals surface area contributed by atoms with Crippen molar-refractivity contribution in [2.24, 2.45) is 70.0 Å². The summed E-state index contributed by atoms with van der Waals surface area (Å²) in [5.41, 5.74) is 9.96. The lowest BCUT2D eigenvalue weighted by molar-refractivity contribution is -0.104. The Morgan fingerprint density at radius 3 is 1.66 bits per heavy atom. The molecule has 0 amide bonds. The number of ether oxygens (including phenoxy) is 2. The van der Waals surface area contributed by atoms with E-state index in [4.69, 9.17) is 9.47 Å². The Kier molecular flexibility index (Phi) is 18.4. The number of hydrogen-bond donors (Lipinski definition) is 0. The highest BCUT2D eigenvalue weighted by molar-refractivity contribution is 5.64. The molecule has 6 aliphatic carbocycles. The number of carbonyl (C=O) groups excluding carboxylic acids is 1. The lowest BCUT2D eigenvalue weighted by Gasteiger charge is -2.44. The first kappa shape index (κ1) is 49.3. The predicted molar refractivity (Wildman–Crippen MR) is 260 cm³/mol. The van der Waals surface area contributed by atoms with Crippen molar-refractivity contribution < 1.29 is 14.3 Å². The van der Waals surface area contributed by atoms with E-state index >= 15 is 0 Å². The maximum absolute atomic E-state index is 10.6. The summed E-state index contributed by atoms with van der Waals surface area (Å²) in [6.45, 7) is 33.4. The summed E-state index contributed by atoms with van der Waals surface area (Å²) in [5, 5.41) is 0. The summed E-state index contributed by atoms with van der Waals surface area (Å²) in [4.78, 5) is 10.6. The van der Waals surface area contributed by atoms with Crippen LogP contribution in [0, 0.1) is 81.8 Å². The van der Waals surface area contributed by atoms with Gasteiger partial charge in [0.15, 0.2) is 0 Å². The fraction of sp³-hybridized carbons (Fsp3) is 0.707. The quantitative estimate of drug-likeness (QED) is 0.0850. The number of aldehydes is 1. The number of hydrogen-bond acceptors (Lipinski definition) is 3. The van der Waals surface area contributed by atoms with Crippen molar-refractivity contribution in [2.75, 3.05) is 13.2 Å². The molecule has 0 saturated heterocycles. The molecule has 0 bridgehead atoms. The molecule has 0 spiro atoms. The lowest BCUT2D eigenvalue weighted by Crippen LogP contribution is -2.35. The number of fused-ring (bicyclic) bond motifs is 2. The Labute approximate surface area is 375 Å². The third-order valence-corrected chi connectivity index (χ3v) is 17.1. The molecule has 0 N–H and O–H groups in total. The zero-order chi connectivity index (χ0) is 44.3. The highest BCUT2D eigenvalue weighted by Crippen LogP contribution is 2.61. The Balaban J connectivity index is 0.000000234. The van der Waals surface area contributed by atoms with Gasteiger partial charge < -0.3 is 9.47 Å². The van der Waals surface area contributed by atoms with Gasteiger partial charge in [0.1, 0.15) is 6.29 Å². The van der Waals surface area contributed by atoms with E-state index in [1.54, 1.807) is 17.2 Å². The van der Waals surface area contributed by atoms with Crippen molar-refractivity contribution >= 4 is 6.29 Å². The van der Waals surface area contributed by atoms with Gasteiger partial charge >= 0.3 is 0 Å². The van der Waals surface area contributed by atoms with Crippen LogP contribution in [0.5, 0.6) is 0 Å². The van der Waals surface area contributed by atoms with Gasteiger partial charge in [-0.3, -0.25) is 4.79 Å². The fourth-order valence-corrected chi connectivity index (χ4v) is 13.9. The van der Waals surface area contributed by atoms with E-state index in [0.717, 1.165) is 54.6 Å². The molecule has 6 aliphatic rings. The summed E-state index contributed by atoms with van der Waals surface area (Å²) in [5.74, 6) is 13.7. The maximum atomic E-state index is 10.6. The highest BCUT2D eigenvalue weighted by Gasteiger charge is 2.51. The molecule has 0 aromatic carbocycles. The average molecular weight is 833 g/mol. The first-order valence-corrected chi connectivity index (χ1v) is 25.2. The highest BCUT2D eigenvalue weighted by atomic mass is 16.7. The van der Waals surface area contributed by atoms with Gasteiger partial charge in [0.05, 0.1) is 0 Å². The van der Waals surface area contributed by atoms with E-state index in [-0.39, 0.29) is 6.29 Å². The summed E-state index contributed by atoms with van der Waals surface area (Å²) >= 11 is 0. The molecule has 338 valence electrons. The first-order chi connectivity index (χ1) is 29.2. The molecule has 0 radical (unpaired) electrons. The molecule has 3 heteroatoms. The van der Waals surface area contributed by atoms with Gasteiger partial charge in [-0.15, -0.1) is 0 Å². The molecular weight excluding hydrogens is 745 g/mol. The Morgan fingerprint density at radius 1 is 0.721 bits per heavy atom. The van der Waals surface area contributed by atoms with Crippen LogP contribution in [0.4, 0.5) is 0 Å². The van der Waals surface area contributed by atoms with Gasteiger partial charge in [0, 0.05) is 19.6 Å². The largest absolute Gasteiger partial charge is 0.342 e. The van der Waals surface area contributed by atoms with Gasteiger partial charge in [-0.2, -0.15) is 0 Å². The lowest BCUT2D eigenvalue weighted by atomic mass is 9.61. The van der Waals surface area contributed by atoms with Crippen LogP contribution >= 0.6 is 0 Å². The Morgan fingerprint density at radius 2 is 1.20 bits per heavy atom. The molecule has 6 fully saturated rings. The molecule has 0 aromatic rings. The van der Waals surface area contributed by atoms with Crippen molar-refractivity contribution in [1.82, 2.24) is 0 Å². The summed E-state index contributed by atoms with van der Waals surface area (Å²) < 4.78 is 11.2. The Hall–Kier alpha value is -2.67. The molecule has 12 atom stereocenters. The minimum absolute atomic E-state index is 0.378. The van der Waals surface area contributed by atoms with Crippen LogP contribution in [0.1, 0.15) is 172 Å². The van der Waals surface area contributed by atoms with Gasteiger partial charge in [-0.05, 0) is 214 Å². The van der Waals surface area contributed by atoms with E-state index in [9.17, 15) is 4.79 Å². The number of rotatable bonds is 12. The number of carbonyl (C=O) groups is 1. The van der Waals surface area contributed by atoms with Crippen LogP contribution in [0.25, 0.3) is 0 Å². The van der Waals surface area contributed by atoms with E-state index in [1.807, 2.05) is 13.8 Å². The van der Waals surface area contributed by atoms with Crippen molar-refractivity contribution in [3.05, 3.63) is 83.1 Å². The second kappa shape index (κ2) is 22.8. The second-order valence-electron chi connectivity index (χ2n) is 21.5. The van der Waals surface area contributed by atoms with Crippen LogP contribution in [-0.4, -0.2) is 25.8 Å². The van der Waals surface area contributed by atoms with Crippen molar-refractivity contribution in [3.63, 3.8) is 0 Å². The minimum atomic E-state index is -0.378. The zero-order valence-electron chi connectivity index (χ0n) is 40.8. The molecule has 0 aromatic heterocycles. The predicted octanol–water partition coefficient (Wildman–Crippen LogP) is 15.6. The van der Waals surface area contributed by atoms with Crippen LogP contribution in [0.3, 0.4) is 0 Å². The molecule has 6 rings (SSSR count). The minimum Gasteiger partial charge on any atom is -0.342 e. The van der Waals surface area contributed by atoms with E-state index in [1.165, 1.54) is 112 Å². The van der Waals surface area contributed by atoms with E-state index < -0.39 is 0 Å². The molecule has 2 unspecified atom stereocenters. The van der Waals surface area contributed by atoms with Crippen LogP contribution in [0.2, 0.25) is 0 Å². The number of allylic oxidation sites excluding steroid dienone is 12. The van der Waals surface area contributed by atoms with Gasteiger partial charge in [-0.1, -0.05) is 116 Å². The van der Waals surface area contributed by atoms with Crippen LogP contribution in [-0.2, 0) is 14.3 Å². The molecular formula is C58H88O3. The summed E-state index contributed by atoms with van der Waals surface area (Å²) in [6, 6.07) is 0. The maximum Gasteiger partial charge on any atom is 0.222 e. The van der Waals surface area contributed by atoms with E-state index in [2.05, 4.69) is 111 Å². The smallest absolute Gasteiger partial charge is 0.222 e. The SMILES string of the molecule is C=C1/C(=C\C=C2/CCC[C@]3(C)[C@@H](C(C)C/C=C/C=O)CC[C@@H]23)C[C@@H](C)C[C@@H]1C.C=C1/C(=C\C=C2/CCC[C@]3(C)[C@@H](C(C)CC#CC(OCC)OCC)CC[C@@H]23)C[C@@H](C)C[C@@H]1C. The van der Waals surface area contributed by atoms with Gasteiger partial charge in [0.25, 0.3) is 0 Å². The topological polar surface area (TPSA) is 35.5 Å². The first-order valence-electron chi connectivity index (χ1n) is 25.2. The van der Waals surface area contributed by atoms with Crippen molar-refractivity contribution in [2.45, 2.75) is 178 Å². The monoisotopic (exact) mass is 833 g/mol. The third kappa shape index (κ3) is 12.1. The molecule has 0 heterocycles. The van der Waals surface area contributed by atoms with E-state index in [0.29, 0.717) is 47.7 Å². The third-order valence-electron chi connectivity index (χ3n) is 17.1. The van der Waals surface area contributed by atoms with Gasteiger partial charge in [-0.25, -0.2) is 0 Å². The molecule has 6 saturated carbocycles. The van der Waals surface area contributed by atoms with Crippen molar-refractivity contribution in [3.8, 4) is 11.8 Å². The zero-order valence-corrected chi connectivity index (χ0v) is 40.8. The molecule has 0 aliphatic heterocycles. The second-order valence-corrected chi connectivity index (χ2v) is 21.5. The Bertz CT molecular complexity index is 1720. The fourth-order valence-electron chi connectivity index (χ4n) is 13.9. The normalized spacial score (nSPS) is 37.7. The average Bonchev–Trinajstić information content (AvgIpc) is 3.77. The summed E-state index contributed by atoms with van der Waals surface area (Å²) in [6.07, 6.45) is 34.3. The molecule has 3 nitrogen and oxygen atoms in total. The van der Waals surface area contributed by atoms with Crippen LogP contribution < -0.4 is 0 Å².